The molecule has 2 heteroatoms. The van der Waals surface area contributed by atoms with Gasteiger partial charge < -0.3 is 5.41 Å². The zero-order chi connectivity index (χ0) is 6.41. The highest BCUT2D eigenvalue weighted by Crippen LogP contribution is 1.90. The predicted octanol–water partition coefficient (Wildman–Crippen LogP) is 1.40. The van der Waals surface area contributed by atoms with Crippen LogP contribution in [0.5, 0.6) is 0 Å². The lowest BCUT2D eigenvalue weighted by molar-refractivity contribution is -0.117. The van der Waals surface area contributed by atoms with Gasteiger partial charge in [-0.15, -0.1) is 0 Å². The van der Waals surface area contributed by atoms with Crippen molar-refractivity contribution < 1.29 is 4.79 Å². The molecule has 0 aromatic carbocycles. The van der Waals surface area contributed by atoms with Gasteiger partial charge in [-0.3, -0.25) is 4.79 Å². The van der Waals surface area contributed by atoms with Crippen molar-refractivity contribution in [1.29, 1.82) is 5.41 Å². The maximum Gasteiger partial charge on any atom is 0.138 e. The normalized spacial score (nSPS) is 8.62. The molecule has 0 saturated heterocycles. The van der Waals surface area contributed by atoms with E-state index >= 15 is 0 Å². The molecule has 0 aromatic heterocycles. The molecule has 8 heavy (non-hydrogen) atoms. The molecule has 0 aromatic rings. The number of carbonyl (C=O) groups excluding carboxylic acids is 1. The van der Waals surface area contributed by atoms with Gasteiger partial charge in [0.05, 0.1) is 0 Å². The lowest BCUT2D eigenvalue weighted by atomic mass is 10.2. The van der Waals surface area contributed by atoms with E-state index in [-0.39, 0.29) is 5.78 Å². The predicted molar refractivity (Wildman–Crippen MR) is 33.3 cm³/mol. The van der Waals surface area contributed by atoms with E-state index in [1.165, 1.54) is 0 Å². The highest BCUT2D eigenvalue weighted by Gasteiger charge is 1.93. The number of rotatable bonds is 4. The highest BCUT2D eigenvalue weighted by molar-refractivity contribution is 5.90. The molecule has 2 nitrogen and oxygen atoms in total. The maximum atomic E-state index is 10.5. The third-order valence-electron chi connectivity index (χ3n) is 0.859. The van der Waals surface area contributed by atoms with Crippen LogP contribution in [0, 0.1) is 5.41 Å². The standard InChI is InChI=1S/C6H11NO/c1-2-3-6(8)4-5-7/h5,7H,2-4H2,1H3. The molecule has 0 spiro atoms. The Kier molecular flexibility index (Phi) is 4.13. The summed E-state index contributed by atoms with van der Waals surface area (Å²) < 4.78 is 0. The fourth-order valence-electron chi connectivity index (χ4n) is 0.495. The molecule has 0 saturated carbocycles. The van der Waals surface area contributed by atoms with Gasteiger partial charge in [0.1, 0.15) is 5.78 Å². The molecule has 0 aliphatic rings. The molecule has 0 rings (SSSR count). The fraction of sp³-hybridized carbons (Fsp3) is 0.667. The van der Waals surface area contributed by atoms with Crippen molar-refractivity contribution in [1.82, 2.24) is 0 Å². The third-order valence-corrected chi connectivity index (χ3v) is 0.859. The van der Waals surface area contributed by atoms with Crippen molar-refractivity contribution in [2.75, 3.05) is 0 Å². The van der Waals surface area contributed by atoms with Gasteiger partial charge in [0, 0.05) is 19.1 Å². The highest BCUT2D eigenvalue weighted by atomic mass is 16.1. The first-order valence-corrected chi connectivity index (χ1v) is 2.82. The zero-order valence-corrected chi connectivity index (χ0v) is 5.11. The molecule has 1 N–H and O–H groups in total. The molecule has 0 unspecified atom stereocenters. The number of hydrogen-bond donors (Lipinski definition) is 1. The van der Waals surface area contributed by atoms with Crippen molar-refractivity contribution in [2.24, 2.45) is 0 Å². The van der Waals surface area contributed by atoms with Crippen LogP contribution in [0.25, 0.3) is 0 Å². The Morgan fingerprint density at radius 1 is 1.75 bits per heavy atom. The van der Waals surface area contributed by atoms with Crippen LogP contribution in [0.1, 0.15) is 26.2 Å². The van der Waals surface area contributed by atoms with Crippen LogP contribution in [0.3, 0.4) is 0 Å². The summed E-state index contributed by atoms with van der Waals surface area (Å²) in [6.07, 6.45) is 2.98. The van der Waals surface area contributed by atoms with Crippen LogP contribution in [0.15, 0.2) is 0 Å². The number of carbonyl (C=O) groups is 1. The first-order chi connectivity index (χ1) is 3.81. The van der Waals surface area contributed by atoms with Crippen LogP contribution < -0.4 is 0 Å². The quantitative estimate of drug-likeness (QED) is 0.550. The van der Waals surface area contributed by atoms with E-state index in [0.29, 0.717) is 12.8 Å². The third kappa shape index (κ3) is 3.53. The fourth-order valence-corrected chi connectivity index (χ4v) is 0.495. The smallest absolute Gasteiger partial charge is 0.138 e. The Morgan fingerprint density at radius 2 is 2.38 bits per heavy atom. The molecule has 46 valence electrons. The summed E-state index contributed by atoms with van der Waals surface area (Å²) in [5.41, 5.74) is 0. The van der Waals surface area contributed by atoms with Crippen molar-refractivity contribution >= 4 is 12.0 Å². The second kappa shape index (κ2) is 4.50. The van der Waals surface area contributed by atoms with E-state index in [4.69, 9.17) is 5.41 Å². The Hall–Kier alpha value is -0.660. The summed E-state index contributed by atoms with van der Waals surface area (Å²) in [5.74, 6) is 0.169. The van der Waals surface area contributed by atoms with Gasteiger partial charge in [-0.1, -0.05) is 6.92 Å². The molecule has 0 aliphatic heterocycles. The largest absolute Gasteiger partial charge is 0.313 e. The summed E-state index contributed by atoms with van der Waals surface area (Å²) in [7, 11) is 0. The minimum Gasteiger partial charge on any atom is -0.313 e. The van der Waals surface area contributed by atoms with Crippen LogP contribution in [0.2, 0.25) is 0 Å². The molecule has 0 radical (unpaired) electrons. The summed E-state index contributed by atoms with van der Waals surface area (Å²) in [4.78, 5) is 10.5. The molecule has 0 bridgehead atoms. The van der Waals surface area contributed by atoms with E-state index in [9.17, 15) is 4.79 Å². The molecule has 0 aliphatic carbocycles. The Balaban J connectivity index is 3.18. The van der Waals surface area contributed by atoms with Gasteiger partial charge in [-0.05, 0) is 6.42 Å². The molecular weight excluding hydrogens is 102 g/mol. The Bertz CT molecular complexity index is 88.5. The number of nitrogens with one attached hydrogen (secondary N) is 1. The van der Waals surface area contributed by atoms with Crippen LogP contribution in [-0.2, 0) is 4.79 Å². The van der Waals surface area contributed by atoms with Gasteiger partial charge in [0.2, 0.25) is 0 Å². The van der Waals surface area contributed by atoms with Gasteiger partial charge in [0.25, 0.3) is 0 Å². The molecule has 0 amide bonds. The van der Waals surface area contributed by atoms with Gasteiger partial charge in [-0.2, -0.15) is 0 Å². The second-order valence-electron chi connectivity index (χ2n) is 1.70. The SMILES string of the molecule is CCCC(=O)CC=N. The van der Waals surface area contributed by atoms with Crippen molar-refractivity contribution in [3.63, 3.8) is 0 Å². The van der Waals surface area contributed by atoms with Gasteiger partial charge in [0.15, 0.2) is 0 Å². The monoisotopic (exact) mass is 113 g/mol. The van der Waals surface area contributed by atoms with Crippen LogP contribution in [-0.4, -0.2) is 12.0 Å². The average Bonchev–Trinajstić information content (AvgIpc) is 1.68. The van der Waals surface area contributed by atoms with E-state index in [0.717, 1.165) is 12.6 Å². The Morgan fingerprint density at radius 3 is 2.75 bits per heavy atom. The van der Waals surface area contributed by atoms with Crippen molar-refractivity contribution in [3.8, 4) is 0 Å². The minimum absolute atomic E-state index is 0.169. The first-order valence-electron chi connectivity index (χ1n) is 2.82. The Labute approximate surface area is 49.4 Å². The number of hydrogen-bond acceptors (Lipinski definition) is 2. The topological polar surface area (TPSA) is 40.9 Å². The molecular formula is C6H11NO. The summed E-state index contributed by atoms with van der Waals surface area (Å²) in [6, 6.07) is 0. The van der Waals surface area contributed by atoms with E-state index in [2.05, 4.69) is 0 Å². The number of Topliss-reactive ketones (excluding diaryl/α,β-unsaturated/α-hetero) is 1. The molecule has 0 heterocycles. The second-order valence-corrected chi connectivity index (χ2v) is 1.70. The van der Waals surface area contributed by atoms with Gasteiger partial charge >= 0.3 is 0 Å². The maximum absolute atomic E-state index is 10.5. The summed E-state index contributed by atoms with van der Waals surface area (Å²) >= 11 is 0. The summed E-state index contributed by atoms with van der Waals surface area (Å²) in [5, 5.41) is 6.57. The van der Waals surface area contributed by atoms with Crippen LogP contribution >= 0.6 is 0 Å². The minimum atomic E-state index is 0.169. The van der Waals surface area contributed by atoms with Crippen LogP contribution in [0.4, 0.5) is 0 Å². The first kappa shape index (κ1) is 7.34. The van der Waals surface area contributed by atoms with E-state index < -0.39 is 0 Å². The van der Waals surface area contributed by atoms with Gasteiger partial charge in [-0.25, -0.2) is 0 Å². The zero-order valence-electron chi connectivity index (χ0n) is 5.11. The number of ketones is 1. The molecule has 0 atom stereocenters. The molecule has 0 fully saturated rings. The van der Waals surface area contributed by atoms with E-state index in [1.807, 2.05) is 6.92 Å². The summed E-state index contributed by atoms with van der Waals surface area (Å²) in [6.45, 7) is 1.96. The average molecular weight is 113 g/mol. The van der Waals surface area contributed by atoms with Crippen molar-refractivity contribution in [3.05, 3.63) is 0 Å². The lowest BCUT2D eigenvalue weighted by Gasteiger charge is -1.87. The van der Waals surface area contributed by atoms with E-state index in [1.54, 1.807) is 0 Å². The lowest BCUT2D eigenvalue weighted by Crippen LogP contribution is -1.95. The van der Waals surface area contributed by atoms with Crippen molar-refractivity contribution in [2.45, 2.75) is 26.2 Å².